The van der Waals surface area contributed by atoms with Crippen molar-refractivity contribution in [3.63, 3.8) is 0 Å². The second-order valence-corrected chi connectivity index (χ2v) is 8.25. The maximum Gasteiger partial charge on any atom is 0.231 e. The van der Waals surface area contributed by atoms with Gasteiger partial charge in [0.15, 0.2) is 11.5 Å². The van der Waals surface area contributed by atoms with Gasteiger partial charge < -0.3 is 14.8 Å². The number of benzene rings is 2. The van der Waals surface area contributed by atoms with Gasteiger partial charge in [0.25, 0.3) is 0 Å². The Hall–Kier alpha value is -2.58. The molecular weight excluding hydrogens is 368 g/mol. The molecule has 8 heteroatoms. The maximum atomic E-state index is 12.2. The van der Waals surface area contributed by atoms with Gasteiger partial charge in [0.05, 0.1) is 6.26 Å². The van der Waals surface area contributed by atoms with Gasteiger partial charge in [-0.2, -0.15) is 0 Å². The van der Waals surface area contributed by atoms with Crippen LogP contribution in [0.1, 0.15) is 12.0 Å². The van der Waals surface area contributed by atoms with Crippen molar-refractivity contribution in [3.8, 4) is 11.5 Å². The zero-order valence-electron chi connectivity index (χ0n) is 15.1. The zero-order valence-corrected chi connectivity index (χ0v) is 15.9. The van der Waals surface area contributed by atoms with Crippen molar-refractivity contribution in [2.75, 3.05) is 31.5 Å². The molecule has 0 bridgehead atoms. The highest BCUT2D eigenvalue weighted by molar-refractivity contribution is 7.88. The summed E-state index contributed by atoms with van der Waals surface area (Å²) in [5, 5.41) is 2.76. The number of anilines is 1. The molecule has 0 spiro atoms. The largest absolute Gasteiger partial charge is 0.454 e. The minimum absolute atomic E-state index is 0.0658. The molecule has 0 aromatic heterocycles. The molecule has 27 heavy (non-hydrogen) atoms. The van der Waals surface area contributed by atoms with E-state index < -0.39 is 10.0 Å². The monoisotopic (exact) mass is 390 g/mol. The van der Waals surface area contributed by atoms with Crippen molar-refractivity contribution in [1.29, 1.82) is 0 Å². The number of amides is 1. The van der Waals surface area contributed by atoms with Gasteiger partial charge in [-0.25, -0.2) is 12.7 Å². The number of nitrogens with zero attached hydrogens (tertiary/aromatic N) is 1. The summed E-state index contributed by atoms with van der Waals surface area (Å²) in [6, 6.07) is 14.8. The van der Waals surface area contributed by atoms with Crippen molar-refractivity contribution in [2.24, 2.45) is 0 Å². The van der Waals surface area contributed by atoms with Crippen LogP contribution in [0, 0.1) is 0 Å². The molecule has 0 saturated carbocycles. The Morgan fingerprint density at radius 2 is 1.81 bits per heavy atom. The van der Waals surface area contributed by atoms with Gasteiger partial charge in [-0.15, -0.1) is 0 Å². The molecule has 7 nitrogen and oxygen atoms in total. The normalized spacial score (nSPS) is 13.0. The van der Waals surface area contributed by atoms with Crippen molar-refractivity contribution in [3.05, 3.63) is 54.1 Å². The van der Waals surface area contributed by atoms with Crippen LogP contribution in [0.25, 0.3) is 0 Å². The summed E-state index contributed by atoms with van der Waals surface area (Å²) in [7, 11) is -3.39. The van der Waals surface area contributed by atoms with Crippen LogP contribution >= 0.6 is 0 Å². The smallest absolute Gasteiger partial charge is 0.231 e. The Balaban J connectivity index is 1.54. The van der Waals surface area contributed by atoms with E-state index in [2.05, 4.69) is 5.32 Å². The van der Waals surface area contributed by atoms with Gasteiger partial charge in [0.2, 0.25) is 22.7 Å². The summed E-state index contributed by atoms with van der Waals surface area (Å²) in [5.41, 5.74) is 1.63. The Kier molecular flexibility index (Phi) is 5.98. The van der Waals surface area contributed by atoms with E-state index in [1.807, 2.05) is 30.3 Å². The third kappa shape index (κ3) is 5.45. The van der Waals surface area contributed by atoms with Crippen LogP contribution in [-0.2, 0) is 21.2 Å². The fraction of sp³-hybridized carbons (Fsp3) is 0.316. The number of ether oxygens (including phenoxy) is 2. The highest BCUT2D eigenvalue weighted by Crippen LogP contribution is 2.34. The molecule has 0 fully saturated rings. The van der Waals surface area contributed by atoms with E-state index in [0.717, 1.165) is 11.8 Å². The van der Waals surface area contributed by atoms with E-state index in [1.54, 1.807) is 18.2 Å². The average Bonchev–Trinajstić information content (AvgIpc) is 3.09. The maximum absolute atomic E-state index is 12.2. The van der Waals surface area contributed by atoms with E-state index in [1.165, 1.54) is 4.31 Å². The predicted octanol–water partition coefficient (Wildman–Crippen LogP) is 2.25. The quantitative estimate of drug-likeness (QED) is 0.747. The van der Waals surface area contributed by atoms with Gasteiger partial charge in [-0.1, -0.05) is 30.3 Å². The lowest BCUT2D eigenvalue weighted by Gasteiger charge is -2.19. The molecule has 0 saturated heterocycles. The number of hydrogen-bond acceptors (Lipinski definition) is 5. The molecule has 3 rings (SSSR count). The molecule has 1 N–H and O–H groups in total. The molecule has 2 aromatic carbocycles. The first kappa shape index (κ1) is 19.2. The van der Waals surface area contributed by atoms with Gasteiger partial charge in [-0.3, -0.25) is 4.79 Å². The third-order valence-corrected chi connectivity index (χ3v) is 5.51. The Labute approximate surface area is 158 Å². The molecule has 2 aromatic rings. The Morgan fingerprint density at radius 3 is 2.56 bits per heavy atom. The van der Waals surface area contributed by atoms with E-state index in [9.17, 15) is 13.2 Å². The second kappa shape index (κ2) is 8.41. The van der Waals surface area contributed by atoms with Crippen LogP contribution in [0.15, 0.2) is 48.5 Å². The van der Waals surface area contributed by atoms with Crippen molar-refractivity contribution in [2.45, 2.75) is 12.8 Å². The summed E-state index contributed by atoms with van der Waals surface area (Å²) >= 11 is 0. The molecular formula is C19H22N2O5S. The number of hydrogen-bond donors (Lipinski definition) is 1. The number of sulfonamides is 1. The molecule has 1 heterocycles. The summed E-state index contributed by atoms with van der Waals surface area (Å²) < 4.78 is 35.9. The predicted molar refractivity (Wildman–Crippen MR) is 102 cm³/mol. The molecule has 0 atom stereocenters. The van der Waals surface area contributed by atoms with Crippen LogP contribution in [0.4, 0.5) is 5.69 Å². The van der Waals surface area contributed by atoms with Gasteiger partial charge >= 0.3 is 0 Å². The van der Waals surface area contributed by atoms with Crippen molar-refractivity contribution < 1.29 is 22.7 Å². The number of rotatable bonds is 8. The van der Waals surface area contributed by atoms with Crippen LogP contribution < -0.4 is 14.8 Å². The van der Waals surface area contributed by atoms with E-state index >= 15 is 0 Å². The molecule has 1 aliphatic heterocycles. The third-order valence-electron chi connectivity index (χ3n) is 4.21. The SMILES string of the molecule is CS(=O)(=O)N(CCC(=O)Nc1ccc2c(c1)OCO2)CCc1ccccc1. The molecule has 0 aliphatic carbocycles. The van der Waals surface area contributed by atoms with Crippen LogP contribution in [0.2, 0.25) is 0 Å². The standard InChI is InChI=1S/C19H22N2O5S/c1-27(23,24)21(11-9-15-5-3-2-4-6-15)12-10-19(22)20-16-7-8-17-18(13-16)26-14-25-17/h2-8,13H,9-12,14H2,1H3,(H,20,22). The van der Waals surface area contributed by atoms with Crippen LogP contribution in [-0.4, -0.2) is 44.8 Å². The fourth-order valence-corrected chi connectivity index (χ4v) is 3.61. The number of carbonyl (C=O) groups is 1. The molecule has 144 valence electrons. The molecule has 1 amide bonds. The fourth-order valence-electron chi connectivity index (χ4n) is 2.77. The highest BCUT2D eigenvalue weighted by Gasteiger charge is 2.18. The number of nitrogens with one attached hydrogen (secondary N) is 1. The lowest BCUT2D eigenvalue weighted by Crippen LogP contribution is -2.34. The molecule has 0 radical (unpaired) electrons. The second-order valence-electron chi connectivity index (χ2n) is 6.26. The molecule has 0 unspecified atom stereocenters. The first-order chi connectivity index (χ1) is 12.9. The lowest BCUT2D eigenvalue weighted by molar-refractivity contribution is -0.116. The van der Waals surface area contributed by atoms with Crippen LogP contribution in [0.3, 0.4) is 0 Å². The minimum Gasteiger partial charge on any atom is -0.454 e. The first-order valence-electron chi connectivity index (χ1n) is 8.60. The van der Waals surface area contributed by atoms with Gasteiger partial charge in [0, 0.05) is 31.3 Å². The zero-order chi connectivity index (χ0) is 19.3. The van der Waals surface area contributed by atoms with Crippen molar-refractivity contribution in [1.82, 2.24) is 4.31 Å². The molecule has 1 aliphatic rings. The summed E-state index contributed by atoms with van der Waals surface area (Å²) in [4.78, 5) is 12.2. The minimum atomic E-state index is -3.39. The Bertz CT molecular complexity index is 900. The topological polar surface area (TPSA) is 84.9 Å². The highest BCUT2D eigenvalue weighted by atomic mass is 32.2. The van der Waals surface area contributed by atoms with E-state index in [0.29, 0.717) is 30.2 Å². The average molecular weight is 390 g/mol. The first-order valence-corrected chi connectivity index (χ1v) is 10.5. The van der Waals surface area contributed by atoms with Crippen molar-refractivity contribution >= 4 is 21.6 Å². The number of fused-ring (bicyclic) bond motifs is 1. The lowest BCUT2D eigenvalue weighted by atomic mass is 10.1. The summed E-state index contributed by atoms with van der Waals surface area (Å²) in [6.07, 6.45) is 1.82. The Morgan fingerprint density at radius 1 is 1.07 bits per heavy atom. The van der Waals surface area contributed by atoms with Gasteiger partial charge in [-0.05, 0) is 24.1 Å². The summed E-state index contributed by atoms with van der Waals surface area (Å²) in [5.74, 6) is 0.952. The van der Waals surface area contributed by atoms with E-state index in [4.69, 9.17) is 9.47 Å². The summed E-state index contributed by atoms with van der Waals surface area (Å²) in [6.45, 7) is 0.625. The van der Waals surface area contributed by atoms with Gasteiger partial charge in [0.1, 0.15) is 0 Å². The number of carbonyl (C=O) groups excluding carboxylic acids is 1. The van der Waals surface area contributed by atoms with Crippen LogP contribution in [0.5, 0.6) is 11.5 Å². The van der Waals surface area contributed by atoms with E-state index in [-0.39, 0.29) is 25.7 Å².